The van der Waals surface area contributed by atoms with Crippen LogP contribution in [0.3, 0.4) is 0 Å². The van der Waals surface area contributed by atoms with E-state index in [4.69, 9.17) is 4.98 Å². The van der Waals surface area contributed by atoms with E-state index < -0.39 is 9.84 Å². The topological polar surface area (TPSA) is 50.3 Å². The number of hydrogen-bond acceptors (Lipinski definition) is 5. The summed E-state index contributed by atoms with van der Waals surface area (Å²) in [6, 6.07) is 8.51. The Morgan fingerprint density at radius 1 is 0.939 bits per heavy atom. The fraction of sp³-hybridized carbons (Fsp3) is 0.444. The largest absolute Gasteiger partial charge is 0.348 e. The highest BCUT2D eigenvalue weighted by molar-refractivity contribution is 7.92. The molecule has 6 heteroatoms. The van der Waals surface area contributed by atoms with Crippen molar-refractivity contribution in [3.05, 3.63) is 74.3 Å². The van der Waals surface area contributed by atoms with Gasteiger partial charge in [-0.2, -0.15) is 0 Å². The normalized spacial score (nSPS) is 15.3. The van der Waals surface area contributed by atoms with E-state index in [1.165, 1.54) is 16.7 Å². The lowest BCUT2D eigenvalue weighted by molar-refractivity contribution is 0.528. The molecule has 2 aromatic carbocycles. The predicted octanol–water partition coefficient (Wildman–Crippen LogP) is 6.03. The minimum Gasteiger partial charge on any atom is -0.348 e. The van der Waals surface area contributed by atoms with Gasteiger partial charge < -0.3 is 4.90 Å². The summed E-state index contributed by atoms with van der Waals surface area (Å²) in [5, 5.41) is 2.81. The lowest BCUT2D eigenvalue weighted by Crippen LogP contribution is -2.39. The van der Waals surface area contributed by atoms with E-state index in [-0.39, 0.29) is 5.25 Å². The molecule has 1 aliphatic heterocycles. The summed E-state index contributed by atoms with van der Waals surface area (Å²) in [7, 11) is -3.36. The molecular formula is C27H34N2O2S2. The van der Waals surface area contributed by atoms with Gasteiger partial charge in [-0.3, -0.25) is 0 Å². The standard InChI is InChI=1S/C27H34N2O2S2/c1-17-8-7-9-23(20(17)4)15-24-16-32-27(28-24)29-12-10-25(11-13-29)33(30,31)26-21(5)18(2)14-19(3)22(26)6/h7-9,14,16,25H,10-13,15H2,1-6H3. The van der Waals surface area contributed by atoms with E-state index in [0.717, 1.165) is 52.6 Å². The van der Waals surface area contributed by atoms with E-state index >= 15 is 0 Å². The summed E-state index contributed by atoms with van der Waals surface area (Å²) in [4.78, 5) is 7.71. The lowest BCUT2D eigenvalue weighted by atomic mass is 10.0. The second-order valence-electron chi connectivity index (χ2n) is 9.48. The first-order chi connectivity index (χ1) is 15.6. The molecule has 1 aliphatic rings. The van der Waals surface area contributed by atoms with Gasteiger partial charge in [-0.25, -0.2) is 13.4 Å². The van der Waals surface area contributed by atoms with Gasteiger partial charge in [0.05, 0.1) is 15.8 Å². The monoisotopic (exact) mass is 482 g/mol. The molecule has 0 unspecified atom stereocenters. The Kier molecular flexibility index (Phi) is 6.70. The van der Waals surface area contributed by atoms with E-state index in [2.05, 4.69) is 48.4 Å². The van der Waals surface area contributed by atoms with Crippen LogP contribution in [0.2, 0.25) is 0 Å². The number of aromatic nitrogens is 1. The zero-order valence-corrected chi connectivity index (χ0v) is 22.2. The van der Waals surface area contributed by atoms with Crippen LogP contribution in [-0.4, -0.2) is 31.7 Å². The third-order valence-corrected chi connectivity index (χ3v) is 10.8. The average molecular weight is 483 g/mol. The van der Waals surface area contributed by atoms with Gasteiger partial charge in [-0.15, -0.1) is 11.3 Å². The quantitative estimate of drug-likeness (QED) is 0.446. The minimum absolute atomic E-state index is 0.332. The van der Waals surface area contributed by atoms with Crippen molar-refractivity contribution in [2.75, 3.05) is 18.0 Å². The molecule has 0 bridgehead atoms. The van der Waals surface area contributed by atoms with Crippen molar-refractivity contribution in [3.8, 4) is 0 Å². The summed E-state index contributed by atoms with van der Waals surface area (Å²) >= 11 is 1.66. The minimum atomic E-state index is -3.36. The second-order valence-corrected chi connectivity index (χ2v) is 12.5. The Morgan fingerprint density at radius 3 is 2.21 bits per heavy atom. The molecule has 0 atom stereocenters. The van der Waals surface area contributed by atoms with Crippen molar-refractivity contribution in [3.63, 3.8) is 0 Å². The molecule has 1 fully saturated rings. The maximum atomic E-state index is 13.6. The van der Waals surface area contributed by atoms with E-state index in [1.54, 1.807) is 11.3 Å². The molecule has 4 rings (SSSR count). The van der Waals surface area contributed by atoms with Crippen LogP contribution in [0.1, 0.15) is 57.5 Å². The molecule has 3 aromatic rings. The summed E-state index contributed by atoms with van der Waals surface area (Å²) in [5.41, 5.74) is 8.93. The molecule has 0 spiro atoms. The molecule has 0 aliphatic carbocycles. The SMILES string of the molecule is Cc1cccc(Cc2csc(N3CCC(S(=O)(=O)c4c(C)c(C)cc(C)c4C)CC3)n2)c1C. The second kappa shape index (κ2) is 9.22. The zero-order valence-electron chi connectivity index (χ0n) is 20.5. The number of sulfone groups is 1. The highest BCUT2D eigenvalue weighted by atomic mass is 32.2. The number of anilines is 1. The van der Waals surface area contributed by atoms with Gasteiger partial charge in [0.2, 0.25) is 0 Å². The maximum absolute atomic E-state index is 13.6. The van der Waals surface area contributed by atoms with Gasteiger partial charge >= 0.3 is 0 Å². The molecule has 0 amide bonds. The average Bonchev–Trinajstić information content (AvgIpc) is 3.24. The first-order valence-corrected chi connectivity index (χ1v) is 14.1. The van der Waals surface area contributed by atoms with Crippen molar-refractivity contribution in [2.45, 2.75) is 71.0 Å². The van der Waals surface area contributed by atoms with Crippen LogP contribution in [0.5, 0.6) is 0 Å². The van der Waals surface area contributed by atoms with Crippen LogP contribution >= 0.6 is 11.3 Å². The Hall–Kier alpha value is -2.18. The number of benzene rings is 2. The molecule has 1 saturated heterocycles. The Labute approximate surface area is 202 Å². The number of thiazole rings is 1. The van der Waals surface area contributed by atoms with Crippen molar-refractivity contribution in [1.82, 2.24) is 4.98 Å². The number of nitrogens with zero attached hydrogens (tertiary/aromatic N) is 2. The fourth-order valence-corrected chi connectivity index (χ4v) is 8.07. The van der Waals surface area contributed by atoms with Crippen LogP contribution in [-0.2, 0) is 16.3 Å². The first-order valence-electron chi connectivity index (χ1n) is 11.6. The van der Waals surface area contributed by atoms with Crippen LogP contribution < -0.4 is 4.90 Å². The van der Waals surface area contributed by atoms with Crippen LogP contribution in [0.4, 0.5) is 5.13 Å². The van der Waals surface area contributed by atoms with Crippen LogP contribution in [0.25, 0.3) is 0 Å². The predicted molar refractivity (Wildman–Crippen MR) is 139 cm³/mol. The van der Waals surface area contributed by atoms with Crippen molar-refractivity contribution >= 4 is 26.3 Å². The summed E-state index contributed by atoms with van der Waals surface area (Å²) in [5.74, 6) is 0. The van der Waals surface area contributed by atoms with Gasteiger partial charge in [0.15, 0.2) is 15.0 Å². The third-order valence-electron chi connectivity index (χ3n) is 7.36. The first kappa shape index (κ1) is 24.0. The van der Waals surface area contributed by atoms with E-state index in [1.807, 2.05) is 27.7 Å². The molecule has 0 N–H and O–H groups in total. The summed E-state index contributed by atoms with van der Waals surface area (Å²) in [6.07, 6.45) is 2.11. The van der Waals surface area contributed by atoms with Gasteiger partial charge in [0.25, 0.3) is 0 Å². The molecule has 0 saturated carbocycles. The highest BCUT2D eigenvalue weighted by Crippen LogP contribution is 2.34. The van der Waals surface area contributed by atoms with Crippen LogP contribution in [0, 0.1) is 41.5 Å². The fourth-order valence-electron chi connectivity index (χ4n) is 4.85. The molecule has 176 valence electrons. The Balaban J connectivity index is 1.47. The molecule has 0 radical (unpaired) electrons. The molecule has 4 nitrogen and oxygen atoms in total. The molecule has 2 heterocycles. The Bertz CT molecular complexity index is 1260. The number of aryl methyl sites for hydroxylation is 3. The molecule has 1 aromatic heterocycles. The molecule has 33 heavy (non-hydrogen) atoms. The highest BCUT2D eigenvalue weighted by Gasteiger charge is 2.34. The van der Waals surface area contributed by atoms with Crippen molar-refractivity contribution in [2.24, 2.45) is 0 Å². The third kappa shape index (κ3) is 4.60. The zero-order chi connectivity index (χ0) is 23.9. The summed E-state index contributed by atoms with van der Waals surface area (Å²) < 4.78 is 27.2. The smallest absolute Gasteiger partial charge is 0.185 e. The Morgan fingerprint density at radius 2 is 1.58 bits per heavy atom. The van der Waals surface area contributed by atoms with Crippen molar-refractivity contribution in [1.29, 1.82) is 0 Å². The van der Waals surface area contributed by atoms with Gasteiger partial charge in [0, 0.05) is 24.9 Å². The number of piperidine rings is 1. The lowest BCUT2D eigenvalue weighted by Gasteiger charge is -2.32. The molecular weight excluding hydrogens is 448 g/mol. The van der Waals surface area contributed by atoms with Crippen LogP contribution in [0.15, 0.2) is 34.5 Å². The maximum Gasteiger partial charge on any atom is 0.185 e. The van der Waals surface area contributed by atoms with Gasteiger partial charge in [-0.1, -0.05) is 24.3 Å². The van der Waals surface area contributed by atoms with E-state index in [9.17, 15) is 8.42 Å². The van der Waals surface area contributed by atoms with Crippen molar-refractivity contribution < 1.29 is 8.42 Å². The number of hydrogen-bond donors (Lipinski definition) is 0. The van der Waals surface area contributed by atoms with Gasteiger partial charge in [0.1, 0.15) is 0 Å². The summed E-state index contributed by atoms with van der Waals surface area (Å²) in [6.45, 7) is 13.6. The number of rotatable bonds is 5. The van der Waals surface area contributed by atoms with Gasteiger partial charge in [-0.05, 0) is 93.3 Å². The van der Waals surface area contributed by atoms with E-state index in [0.29, 0.717) is 17.7 Å².